The van der Waals surface area contributed by atoms with Crippen molar-refractivity contribution in [2.75, 3.05) is 20.4 Å². The summed E-state index contributed by atoms with van der Waals surface area (Å²) in [6.45, 7) is 0. The predicted octanol–water partition coefficient (Wildman–Crippen LogP) is 3.73. The van der Waals surface area contributed by atoms with Gasteiger partial charge in [0.1, 0.15) is 11.9 Å². The first kappa shape index (κ1) is 18.3. The van der Waals surface area contributed by atoms with Gasteiger partial charge in [0, 0.05) is 32.0 Å². The molecule has 0 spiro atoms. The maximum Gasteiger partial charge on any atom is 0.337 e. The maximum atomic E-state index is 11.9. The zero-order valence-electron chi connectivity index (χ0n) is 14.0. The second-order valence-electron chi connectivity index (χ2n) is 6.00. The number of carbonyl (C=O) groups excluding carboxylic acids is 1. The van der Waals surface area contributed by atoms with Crippen LogP contribution in [0.5, 0.6) is 0 Å². The number of aryl methyl sites for hydroxylation is 3. The third-order valence-electron chi connectivity index (χ3n) is 4.30. The minimum atomic E-state index is -3.22. The number of Topliss-reactive ketones (excluding diaryl/α,β-unsaturated/α-hetero) is 1. The van der Waals surface area contributed by atoms with Gasteiger partial charge in [0.2, 0.25) is 0 Å². The number of carbonyl (C=O) groups is 1. The molecule has 23 heavy (non-hydrogen) atoms. The molecule has 0 bridgehead atoms. The third kappa shape index (κ3) is 5.52. The number of rotatable bonds is 9. The molecule has 0 N–H and O–H groups in total. The summed E-state index contributed by atoms with van der Waals surface area (Å²) in [5.74, 6) is -0.0737. The van der Waals surface area contributed by atoms with Gasteiger partial charge < -0.3 is 9.05 Å². The fraction of sp³-hybridized carbons (Fsp3) is 0.647. The van der Waals surface area contributed by atoms with Gasteiger partial charge in [-0.1, -0.05) is 6.07 Å². The number of pyridine rings is 1. The molecule has 1 aliphatic rings. The van der Waals surface area contributed by atoms with Crippen molar-refractivity contribution in [3.8, 4) is 0 Å². The van der Waals surface area contributed by atoms with Crippen molar-refractivity contribution < 1.29 is 18.4 Å². The van der Waals surface area contributed by atoms with Gasteiger partial charge in [-0.3, -0.25) is 14.3 Å². The molecule has 0 saturated heterocycles. The van der Waals surface area contributed by atoms with Gasteiger partial charge in [-0.15, -0.1) is 0 Å². The zero-order valence-corrected chi connectivity index (χ0v) is 14.9. The Bertz CT molecular complexity index is 580. The van der Waals surface area contributed by atoms with E-state index in [2.05, 4.69) is 12.1 Å². The Balaban J connectivity index is 1.73. The number of ketones is 1. The molecule has 0 aliphatic heterocycles. The van der Waals surface area contributed by atoms with Crippen molar-refractivity contribution in [1.82, 2.24) is 4.98 Å². The summed E-state index contributed by atoms with van der Waals surface area (Å²) in [7, 11) is -0.609. The fourth-order valence-electron chi connectivity index (χ4n) is 2.89. The molecular formula is C17H26NO4P. The zero-order chi connectivity index (χ0) is 16.7. The lowest BCUT2D eigenvalue weighted by atomic mass is 9.95. The van der Waals surface area contributed by atoms with Gasteiger partial charge >= 0.3 is 7.60 Å². The van der Waals surface area contributed by atoms with Crippen molar-refractivity contribution in [3.05, 3.63) is 29.1 Å². The van der Waals surface area contributed by atoms with Crippen molar-refractivity contribution >= 4 is 13.4 Å². The highest BCUT2D eigenvalue weighted by atomic mass is 31.2. The minimum Gasteiger partial charge on any atom is -0.312 e. The van der Waals surface area contributed by atoms with Crippen molar-refractivity contribution in [1.29, 1.82) is 0 Å². The fourth-order valence-corrected chi connectivity index (χ4v) is 3.89. The highest BCUT2D eigenvalue weighted by molar-refractivity contribution is 7.54. The summed E-state index contributed by atoms with van der Waals surface area (Å²) in [6, 6.07) is 4.31. The molecule has 2 rings (SSSR count). The van der Waals surface area contributed by atoms with Gasteiger partial charge in [-0.2, -0.15) is 0 Å². The van der Waals surface area contributed by atoms with Gasteiger partial charge in [-0.25, -0.2) is 0 Å². The van der Waals surface area contributed by atoms with Crippen molar-refractivity contribution in [3.63, 3.8) is 0 Å². The average Bonchev–Trinajstić information content (AvgIpc) is 2.58. The third-order valence-corrected chi connectivity index (χ3v) is 6.15. The van der Waals surface area contributed by atoms with E-state index in [1.807, 2.05) is 0 Å². The molecule has 1 heterocycles. The van der Waals surface area contributed by atoms with Crippen molar-refractivity contribution in [2.24, 2.45) is 0 Å². The van der Waals surface area contributed by atoms with Crippen LogP contribution in [0.1, 0.15) is 49.1 Å². The molecule has 1 aromatic heterocycles. The second kappa shape index (κ2) is 8.72. The van der Waals surface area contributed by atoms with E-state index in [-0.39, 0.29) is 11.9 Å². The summed E-state index contributed by atoms with van der Waals surface area (Å²) in [5, 5.41) is 0. The molecule has 0 aromatic carbocycles. The normalized spacial score (nSPS) is 14.5. The molecule has 6 heteroatoms. The Hall–Kier alpha value is -1.03. The predicted molar refractivity (Wildman–Crippen MR) is 89.9 cm³/mol. The molecule has 128 valence electrons. The van der Waals surface area contributed by atoms with Crippen LogP contribution in [0.25, 0.3) is 0 Å². The van der Waals surface area contributed by atoms with E-state index in [4.69, 9.17) is 14.0 Å². The second-order valence-corrected chi connectivity index (χ2v) is 8.26. The molecule has 0 amide bonds. The molecule has 0 unspecified atom stereocenters. The van der Waals surface area contributed by atoms with Crippen molar-refractivity contribution in [2.45, 2.75) is 51.4 Å². The first-order valence-corrected chi connectivity index (χ1v) is 9.99. The van der Waals surface area contributed by atoms with Crippen LogP contribution in [0.15, 0.2) is 12.1 Å². The lowest BCUT2D eigenvalue weighted by Crippen LogP contribution is -2.08. The molecule has 0 saturated carbocycles. The summed E-state index contributed by atoms with van der Waals surface area (Å²) in [5.41, 5.74) is 3.76. The quantitative estimate of drug-likeness (QED) is 0.507. The highest BCUT2D eigenvalue weighted by Crippen LogP contribution is 2.46. The molecule has 1 aliphatic carbocycles. The van der Waals surface area contributed by atoms with Crippen LogP contribution < -0.4 is 0 Å². The minimum absolute atomic E-state index is 0.0737. The van der Waals surface area contributed by atoms with E-state index in [9.17, 15) is 9.36 Å². The van der Waals surface area contributed by atoms with E-state index >= 15 is 0 Å². The Morgan fingerprint density at radius 3 is 2.65 bits per heavy atom. The van der Waals surface area contributed by atoms with E-state index in [0.29, 0.717) is 6.42 Å². The molecule has 0 atom stereocenters. The Kier molecular flexibility index (Phi) is 6.94. The van der Waals surface area contributed by atoms with E-state index in [1.54, 1.807) is 0 Å². The molecule has 5 nitrogen and oxygen atoms in total. The van der Waals surface area contributed by atoms with Gasteiger partial charge in [0.05, 0.1) is 0 Å². The Morgan fingerprint density at radius 1 is 1.17 bits per heavy atom. The largest absolute Gasteiger partial charge is 0.337 e. The topological polar surface area (TPSA) is 65.5 Å². The Labute approximate surface area is 138 Å². The smallest absolute Gasteiger partial charge is 0.312 e. The number of aromatic nitrogens is 1. The number of nitrogens with zero attached hydrogens (tertiary/aromatic N) is 1. The SMILES string of the molecule is COP(=O)(CC(=O)CCCCc1ccc2c(n1)CCCC2)OC. The molecule has 0 radical (unpaired) electrons. The monoisotopic (exact) mass is 339 g/mol. The first-order chi connectivity index (χ1) is 11.1. The molecule has 1 aromatic rings. The highest BCUT2D eigenvalue weighted by Gasteiger charge is 2.24. The Morgan fingerprint density at radius 2 is 1.91 bits per heavy atom. The molecule has 0 fully saturated rings. The number of hydrogen-bond donors (Lipinski definition) is 0. The van der Waals surface area contributed by atoms with Crippen LogP contribution in [0.2, 0.25) is 0 Å². The van der Waals surface area contributed by atoms with Gasteiger partial charge in [-0.05, 0) is 56.6 Å². The van der Waals surface area contributed by atoms with Crippen LogP contribution in [0.3, 0.4) is 0 Å². The lowest BCUT2D eigenvalue weighted by Gasteiger charge is -2.15. The van der Waals surface area contributed by atoms with Crippen LogP contribution in [0, 0.1) is 0 Å². The molecular weight excluding hydrogens is 313 g/mol. The maximum absolute atomic E-state index is 11.9. The summed E-state index contributed by atoms with van der Waals surface area (Å²) >= 11 is 0. The standard InChI is InChI=1S/C17H26NO4P/c1-21-23(20,22-2)13-16(19)9-5-4-8-15-12-11-14-7-3-6-10-17(14)18-15/h11-12H,3-10,13H2,1-2H3. The van der Waals surface area contributed by atoms with Gasteiger partial charge in [0.25, 0.3) is 0 Å². The summed E-state index contributed by atoms with van der Waals surface area (Å²) < 4.78 is 21.5. The lowest BCUT2D eigenvalue weighted by molar-refractivity contribution is -0.117. The van der Waals surface area contributed by atoms with Crippen LogP contribution in [-0.2, 0) is 37.7 Å². The summed E-state index contributed by atoms with van der Waals surface area (Å²) in [4.78, 5) is 16.6. The summed E-state index contributed by atoms with van der Waals surface area (Å²) in [6.07, 6.45) is 7.56. The number of unbranched alkanes of at least 4 members (excludes halogenated alkanes) is 1. The van der Waals surface area contributed by atoms with E-state index in [1.165, 1.54) is 38.3 Å². The average molecular weight is 339 g/mol. The number of fused-ring (bicyclic) bond motifs is 1. The van der Waals surface area contributed by atoms with Crippen LogP contribution in [-0.4, -0.2) is 31.1 Å². The van der Waals surface area contributed by atoms with Gasteiger partial charge in [0.15, 0.2) is 0 Å². The van der Waals surface area contributed by atoms with Crippen LogP contribution in [0.4, 0.5) is 0 Å². The first-order valence-electron chi connectivity index (χ1n) is 8.26. The van der Waals surface area contributed by atoms with E-state index < -0.39 is 7.60 Å². The number of hydrogen-bond acceptors (Lipinski definition) is 5. The van der Waals surface area contributed by atoms with E-state index in [0.717, 1.165) is 37.8 Å². The van der Waals surface area contributed by atoms with Crippen LogP contribution >= 0.6 is 7.60 Å².